The first-order chi connectivity index (χ1) is 10.1. The second-order valence-electron chi connectivity index (χ2n) is 6.87. The zero-order valence-electron chi connectivity index (χ0n) is 13.8. The molecule has 1 unspecified atom stereocenters. The average Bonchev–Trinajstić information content (AvgIpc) is 2.85. The third-order valence-electron chi connectivity index (χ3n) is 5.38. The second-order valence-corrected chi connectivity index (χ2v) is 7.88. The Kier molecular flexibility index (Phi) is 4.26. The van der Waals surface area contributed by atoms with Crippen molar-refractivity contribution in [3.05, 3.63) is 10.6 Å². The van der Waals surface area contributed by atoms with Crippen molar-refractivity contribution < 1.29 is 0 Å². The Hall–Kier alpha value is -0.650. The van der Waals surface area contributed by atoms with E-state index in [4.69, 9.17) is 4.98 Å². The van der Waals surface area contributed by atoms with Crippen molar-refractivity contribution in [2.24, 2.45) is 0 Å². The quantitative estimate of drug-likeness (QED) is 0.906. The molecule has 4 nitrogen and oxygen atoms in total. The molecule has 3 rings (SSSR count). The Balaban J connectivity index is 1.76. The van der Waals surface area contributed by atoms with Gasteiger partial charge >= 0.3 is 0 Å². The lowest BCUT2D eigenvalue weighted by Crippen LogP contribution is -2.56. The summed E-state index contributed by atoms with van der Waals surface area (Å²) in [5.41, 5.74) is 1.70. The monoisotopic (exact) mass is 308 g/mol. The number of thiazole rings is 1. The lowest BCUT2D eigenvalue weighted by atomic mass is 9.75. The Morgan fingerprint density at radius 3 is 2.62 bits per heavy atom. The lowest BCUT2D eigenvalue weighted by molar-refractivity contribution is 0.0683. The smallest absolute Gasteiger partial charge is 0.185 e. The van der Waals surface area contributed by atoms with Gasteiger partial charge in [0, 0.05) is 30.1 Å². The topological polar surface area (TPSA) is 31.4 Å². The number of rotatable bonds is 5. The number of hydrogen-bond acceptors (Lipinski definition) is 5. The van der Waals surface area contributed by atoms with Crippen molar-refractivity contribution in [2.75, 3.05) is 39.6 Å². The number of aromatic nitrogens is 1. The van der Waals surface area contributed by atoms with Gasteiger partial charge < -0.3 is 15.1 Å². The van der Waals surface area contributed by atoms with Crippen molar-refractivity contribution in [3.8, 4) is 0 Å². The summed E-state index contributed by atoms with van der Waals surface area (Å²) >= 11 is 1.90. The molecule has 2 aliphatic carbocycles. The van der Waals surface area contributed by atoms with Crippen LogP contribution in [0.3, 0.4) is 0 Å². The summed E-state index contributed by atoms with van der Waals surface area (Å²) in [5.74, 6) is 0. The molecule has 118 valence electrons. The van der Waals surface area contributed by atoms with Gasteiger partial charge in [-0.05, 0) is 59.7 Å². The molecule has 0 amide bonds. The van der Waals surface area contributed by atoms with Crippen molar-refractivity contribution in [3.63, 3.8) is 0 Å². The molecular formula is C16H28N4S. The Labute approximate surface area is 132 Å². The van der Waals surface area contributed by atoms with Gasteiger partial charge in [-0.1, -0.05) is 11.3 Å². The van der Waals surface area contributed by atoms with Crippen LogP contribution in [0.15, 0.2) is 0 Å². The standard InChI is InChI=1S/C16H28N4S/c1-17-12-7-5-8-13-14(12)21-15(18-13)20(4)11-16(19(2)3)9-6-10-16/h12,17H,5-11H2,1-4H3. The van der Waals surface area contributed by atoms with Gasteiger partial charge in [-0.15, -0.1) is 0 Å². The molecule has 5 heteroatoms. The highest BCUT2D eigenvalue weighted by Gasteiger charge is 2.40. The maximum atomic E-state index is 4.94. The van der Waals surface area contributed by atoms with Crippen molar-refractivity contribution in [2.45, 2.75) is 50.1 Å². The third kappa shape index (κ3) is 2.71. The van der Waals surface area contributed by atoms with Gasteiger partial charge in [0.2, 0.25) is 0 Å². The van der Waals surface area contributed by atoms with Gasteiger partial charge in [0.05, 0.1) is 5.69 Å². The number of hydrogen-bond donors (Lipinski definition) is 1. The van der Waals surface area contributed by atoms with E-state index in [1.54, 1.807) is 0 Å². The largest absolute Gasteiger partial charge is 0.349 e. The van der Waals surface area contributed by atoms with Crippen LogP contribution in [0.5, 0.6) is 0 Å². The minimum Gasteiger partial charge on any atom is -0.349 e. The lowest BCUT2D eigenvalue weighted by Gasteiger charge is -2.49. The number of nitrogens with zero attached hydrogens (tertiary/aromatic N) is 3. The molecule has 21 heavy (non-hydrogen) atoms. The van der Waals surface area contributed by atoms with Crippen LogP contribution in [0.2, 0.25) is 0 Å². The molecule has 0 aromatic carbocycles. The molecule has 1 atom stereocenters. The fourth-order valence-corrected chi connectivity index (χ4v) is 4.90. The predicted octanol–water partition coefficient (Wildman–Crippen LogP) is 2.66. The van der Waals surface area contributed by atoms with Crippen molar-refractivity contribution in [1.29, 1.82) is 0 Å². The zero-order chi connectivity index (χ0) is 15.0. The van der Waals surface area contributed by atoms with Crippen LogP contribution >= 0.6 is 11.3 Å². The molecule has 1 N–H and O–H groups in total. The Bertz CT molecular complexity index is 492. The predicted molar refractivity (Wildman–Crippen MR) is 90.4 cm³/mol. The molecule has 0 spiro atoms. The van der Waals surface area contributed by atoms with Gasteiger partial charge in [-0.2, -0.15) is 0 Å². The molecule has 0 aliphatic heterocycles. The van der Waals surface area contributed by atoms with Gasteiger partial charge in [0.15, 0.2) is 5.13 Å². The van der Waals surface area contributed by atoms with Gasteiger partial charge in [0.25, 0.3) is 0 Å². The van der Waals surface area contributed by atoms with E-state index in [0.29, 0.717) is 11.6 Å². The molecule has 0 bridgehead atoms. The van der Waals surface area contributed by atoms with E-state index in [0.717, 1.165) is 13.0 Å². The molecule has 1 heterocycles. The zero-order valence-corrected chi connectivity index (χ0v) is 14.6. The highest BCUT2D eigenvalue weighted by molar-refractivity contribution is 7.15. The van der Waals surface area contributed by atoms with Crippen LogP contribution < -0.4 is 10.2 Å². The minimum absolute atomic E-state index is 0.364. The van der Waals surface area contributed by atoms with Gasteiger partial charge in [-0.3, -0.25) is 0 Å². The molecule has 1 saturated carbocycles. The summed E-state index contributed by atoms with van der Waals surface area (Å²) in [7, 11) is 8.72. The fraction of sp³-hybridized carbons (Fsp3) is 0.812. The summed E-state index contributed by atoms with van der Waals surface area (Å²) in [6, 6.07) is 0.514. The Morgan fingerprint density at radius 1 is 1.29 bits per heavy atom. The van der Waals surface area contributed by atoms with Crippen LogP contribution in [-0.4, -0.2) is 50.2 Å². The van der Waals surface area contributed by atoms with E-state index >= 15 is 0 Å². The first-order valence-electron chi connectivity index (χ1n) is 8.11. The first-order valence-corrected chi connectivity index (χ1v) is 8.93. The molecule has 1 fully saturated rings. The molecular weight excluding hydrogens is 280 g/mol. The van der Waals surface area contributed by atoms with E-state index in [1.165, 1.54) is 47.8 Å². The number of nitrogens with one attached hydrogen (secondary N) is 1. The van der Waals surface area contributed by atoms with Crippen LogP contribution in [0.1, 0.15) is 48.7 Å². The first kappa shape index (κ1) is 15.3. The number of aryl methyl sites for hydroxylation is 1. The van der Waals surface area contributed by atoms with E-state index < -0.39 is 0 Å². The highest BCUT2D eigenvalue weighted by atomic mass is 32.1. The van der Waals surface area contributed by atoms with Gasteiger partial charge in [0.1, 0.15) is 0 Å². The summed E-state index contributed by atoms with van der Waals surface area (Å²) in [6.07, 6.45) is 7.64. The molecule has 0 radical (unpaired) electrons. The minimum atomic E-state index is 0.364. The number of anilines is 1. The molecule has 2 aliphatic rings. The fourth-order valence-electron chi connectivity index (χ4n) is 3.69. The number of fused-ring (bicyclic) bond motifs is 1. The van der Waals surface area contributed by atoms with Crippen molar-refractivity contribution in [1.82, 2.24) is 15.2 Å². The van der Waals surface area contributed by atoms with Crippen LogP contribution in [0, 0.1) is 0 Å². The maximum absolute atomic E-state index is 4.94. The van der Waals surface area contributed by atoms with E-state index in [9.17, 15) is 0 Å². The Morgan fingerprint density at radius 2 is 2.05 bits per heavy atom. The SMILES string of the molecule is CNC1CCCc2nc(N(C)CC3(N(C)C)CCC3)sc21. The normalized spacial score (nSPS) is 23.8. The van der Waals surface area contributed by atoms with Crippen LogP contribution in [-0.2, 0) is 6.42 Å². The van der Waals surface area contributed by atoms with E-state index in [2.05, 4.69) is 43.3 Å². The summed E-state index contributed by atoms with van der Waals surface area (Å²) in [6.45, 7) is 1.09. The van der Waals surface area contributed by atoms with Crippen molar-refractivity contribution >= 4 is 16.5 Å². The summed E-state index contributed by atoms with van der Waals surface area (Å²) < 4.78 is 0. The summed E-state index contributed by atoms with van der Waals surface area (Å²) in [4.78, 5) is 11.2. The van der Waals surface area contributed by atoms with E-state index in [-0.39, 0.29) is 0 Å². The molecule has 1 aromatic heterocycles. The highest BCUT2D eigenvalue weighted by Crippen LogP contribution is 2.40. The second kappa shape index (κ2) is 5.86. The molecule has 1 aromatic rings. The summed E-state index contributed by atoms with van der Waals surface area (Å²) in [5, 5.41) is 4.65. The number of likely N-dealkylation sites (N-methyl/N-ethyl adjacent to an activating group) is 2. The molecule has 0 saturated heterocycles. The van der Waals surface area contributed by atoms with Crippen LogP contribution in [0.4, 0.5) is 5.13 Å². The van der Waals surface area contributed by atoms with Crippen LogP contribution in [0.25, 0.3) is 0 Å². The van der Waals surface area contributed by atoms with E-state index in [1.807, 2.05) is 11.3 Å². The third-order valence-corrected chi connectivity index (χ3v) is 6.70. The maximum Gasteiger partial charge on any atom is 0.185 e. The van der Waals surface area contributed by atoms with Gasteiger partial charge in [-0.25, -0.2) is 4.98 Å². The average molecular weight is 308 g/mol.